The molecule has 0 heterocycles. The molecule has 114 valence electrons. The minimum Gasteiger partial charge on any atom is -0.329 e. The molecular formula is C13H20BrFN2O2S. The second-order valence-electron chi connectivity index (χ2n) is 5.54. The predicted octanol–water partition coefficient (Wildman–Crippen LogP) is 2.63. The van der Waals surface area contributed by atoms with E-state index in [1.54, 1.807) is 6.92 Å². The smallest absolute Gasteiger partial charge is 0.244 e. The van der Waals surface area contributed by atoms with Crippen LogP contribution in [0.2, 0.25) is 0 Å². The molecule has 1 aromatic carbocycles. The molecule has 0 amide bonds. The van der Waals surface area contributed by atoms with Crippen LogP contribution in [-0.2, 0) is 10.0 Å². The summed E-state index contributed by atoms with van der Waals surface area (Å²) in [7, 11) is -3.95. The quantitative estimate of drug-likeness (QED) is 0.812. The van der Waals surface area contributed by atoms with Crippen molar-refractivity contribution in [3.05, 3.63) is 28.5 Å². The van der Waals surface area contributed by atoms with E-state index in [1.165, 1.54) is 12.1 Å². The molecule has 3 N–H and O–H groups in total. The zero-order valence-corrected chi connectivity index (χ0v) is 14.2. The summed E-state index contributed by atoms with van der Waals surface area (Å²) >= 11 is 3.10. The first-order valence-electron chi connectivity index (χ1n) is 6.29. The van der Waals surface area contributed by atoms with Crippen molar-refractivity contribution in [3.8, 4) is 0 Å². The van der Waals surface area contributed by atoms with E-state index in [1.807, 2.05) is 13.8 Å². The van der Waals surface area contributed by atoms with Gasteiger partial charge in [0.05, 0.1) is 0 Å². The first-order chi connectivity index (χ1) is 9.09. The van der Waals surface area contributed by atoms with Crippen LogP contribution in [0.4, 0.5) is 4.39 Å². The second-order valence-corrected chi connectivity index (χ2v) is 8.11. The molecule has 1 aromatic rings. The number of nitrogens with two attached hydrogens (primary N) is 1. The van der Waals surface area contributed by atoms with Gasteiger partial charge < -0.3 is 5.73 Å². The molecule has 4 nitrogen and oxygen atoms in total. The van der Waals surface area contributed by atoms with Crippen molar-refractivity contribution < 1.29 is 12.8 Å². The Morgan fingerprint density at radius 2 is 2.05 bits per heavy atom. The third-order valence-corrected chi connectivity index (χ3v) is 5.04. The van der Waals surface area contributed by atoms with Crippen LogP contribution < -0.4 is 10.5 Å². The number of halogens is 2. The molecule has 0 spiro atoms. The molecular weight excluding hydrogens is 347 g/mol. The molecule has 1 unspecified atom stereocenters. The maximum Gasteiger partial charge on any atom is 0.244 e. The van der Waals surface area contributed by atoms with Gasteiger partial charge in [0.25, 0.3) is 0 Å². The number of benzene rings is 1. The lowest BCUT2D eigenvalue weighted by Crippen LogP contribution is -2.52. The normalized spacial score (nSPS) is 15.3. The molecule has 0 fully saturated rings. The van der Waals surface area contributed by atoms with Crippen molar-refractivity contribution in [2.24, 2.45) is 11.7 Å². The summed E-state index contributed by atoms with van der Waals surface area (Å²) in [6.45, 7) is 5.81. The van der Waals surface area contributed by atoms with Gasteiger partial charge in [-0.1, -0.05) is 29.8 Å². The molecule has 0 aliphatic heterocycles. The Hall–Kier alpha value is -0.500. The summed E-state index contributed by atoms with van der Waals surface area (Å²) in [4.78, 5) is -0.371. The highest BCUT2D eigenvalue weighted by Crippen LogP contribution is 2.23. The van der Waals surface area contributed by atoms with E-state index in [9.17, 15) is 12.8 Å². The Kier molecular flexibility index (Phi) is 5.71. The maximum absolute atomic E-state index is 13.8. The van der Waals surface area contributed by atoms with Crippen LogP contribution in [0.25, 0.3) is 0 Å². The molecule has 20 heavy (non-hydrogen) atoms. The Morgan fingerprint density at radius 1 is 1.45 bits per heavy atom. The molecule has 1 rings (SSSR count). The van der Waals surface area contributed by atoms with Crippen molar-refractivity contribution in [1.29, 1.82) is 0 Å². The fraction of sp³-hybridized carbons (Fsp3) is 0.538. The average molecular weight is 367 g/mol. The topological polar surface area (TPSA) is 72.2 Å². The Morgan fingerprint density at radius 3 is 2.50 bits per heavy atom. The third kappa shape index (κ3) is 4.51. The van der Waals surface area contributed by atoms with E-state index in [0.717, 1.165) is 6.07 Å². The largest absolute Gasteiger partial charge is 0.329 e. The Bertz CT molecular complexity index is 578. The van der Waals surface area contributed by atoms with Gasteiger partial charge in [0.15, 0.2) is 0 Å². The Balaban J connectivity index is 3.10. The third-order valence-electron chi connectivity index (χ3n) is 2.87. The number of rotatable bonds is 6. The SMILES string of the molecule is CC(C)CC(C)(CN)NS(=O)(=O)c1ccc(Br)cc1F. The summed E-state index contributed by atoms with van der Waals surface area (Å²) in [6, 6.07) is 3.84. The summed E-state index contributed by atoms with van der Waals surface area (Å²) in [5.74, 6) is -0.531. The van der Waals surface area contributed by atoms with E-state index in [2.05, 4.69) is 20.7 Å². The van der Waals surface area contributed by atoms with E-state index < -0.39 is 21.4 Å². The highest BCUT2D eigenvalue weighted by Gasteiger charge is 2.31. The van der Waals surface area contributed by atoms with Gasteiger partial charge in [-0.15, -0.1) is 0 Å². The summed E-state index contributed by atoms with van der Waals surface area (Å²) in [5.41, 5.74) is 4.88. The Labute approximate surface area is 128 Å². The van der Waals surface area contributed by atoms with Gasteiger partial charge in [-0.05, 0) is 37.5 Å². The van der Waals surface area contributed by atoms with Crippen LogP contribution in [0.1, 0.15) is 27.2 Å². The van der Waals surface area contributed by atoms with Crippen molar-refractivity contribution >= 4 is 26.0 Å². The second kappa shape index (κ2) is 6.51. The molecule has 0 saturated carbocycles. The number of sulfonamides is 1. The van der Waals surface area contributed by atoms with Crippen LogP contribution >= 0.6 is 15.9 Å². The van der Waals surface area contributed by atoms with Gasteiger partial charge in [-0.2, -0.15) is 0 Å². The van der Waals surface area contributed by atoms with Crippen LogP contribution in [0, 0.1) is 11.7 Å². The summed E-state index contributed by atoms with van der Waals surface area (Å²) in [6.07, 6.45) is 0.570. The molecule has 0 bridgehead atoms. The molecule has 7 heteroatoms. The number of hydrogen-bond acceptors (Lipinski definition) is 3. The van der Waals surface area contributed by atoms with Crippen LogP contribution in [0.3, 0.4) is 0 Å². The van der Waals surface area contributed by atoms with Crippen molar-refractivity contribution in [3.63, 3.8) is 0 Å². The van der Waals surface area contributed by atoms with E-state index >= 15 is 0 Å². The first-order valence-corrected chi connectivity index (χ1v) is 8.56. The lowest BCUT2D eigenvalue weighted by molar-refractivity contribution is 0.344. The number of hydrogen-bond donors (Lipinski definition) is 2. The highest BCUT2D eigenvalue weighted by atomic mass is 79.9. The molecule has 0 aliphatic rings. The monoisotopic (exact) mass is 366 g/mol. The zero-order chi connectivity index (χ0) is 15.6. The van der Waals surface area contributed by atoms with Crippen LogP contribution in [-0.4, -0.2) is 20.5 Å². The van der Waals surface area contributed by atoms with Gasteiger partial charge in [0.2, 0.25) is 10.0 Å². The fourth-order valence-corrected chi connectivity index (χ4v) is 3.96. The first kappa shape index (κ1) is 17.6. The van der Waals surface area contributed by atoms with Crippen molar-refractivity contribution in [2.75, 3.05) is 6.54 Å². The fourth-order valence-electron chi connectivity index (χ4n) is 2.14. The number of nitrogens with one attached hydrogen (secondary N) is 1. The minimum absolute atomic E-state index is 0.141. The van der Waals surface area contributed by atoms with Gasteiger partial charge in [0.1, 0.15) is 10.7 Å². The predicted molar refractivity (Wildman–Crippen MR) is 81.3 cm³/mol. The minimum atomic E-state index is -3.95. The van der Waals surface area contributed by atoms with E-state index in [4.69, 9.17) is 5.73 Å². The molecule has 1 atom stereocenters. The zero-order valence-electron chi connectivity index (χ0n) is 11.8. The molecule has 0 radical (unpaired) electrons. The van der Waals surface area contributed by atoms with Crippen LogP contribution in [0.5, 0.6) is 0 Å². The highest BCUT2D eigenvalue weighted by molar-refractivity contribution is 9.10. The van der Waals surface area contributed by atoms with Crippen molar-refractivity contribution in [1.82, 2.24) is 4.72 Å². The van der Waals surface area contributed by atoms with Crippen molar-refractivity contribution in [2.45, 2.75) is 37.6 Å². The molecule has 0 aromatic heterocycles. The van der Waals surface area contributed by atoms with Gasteiger partial charge in [-0.3, -0.25) is 0 Å². The van der Waals surface area contributed by atoms with Crippen LogP contribution in [0.15, 0.2) is 27.6 Å². The van der Waals surface area contributed by atoms with Gasteiger partial charge in [-0.25, -0.2) is 17.5 Å². The summed E-state index contributed by atoms with van der Waals surface area (Å²) < 4.78 is 41.4. The lowest BCUT2D eigenvalue weighted by atomic mass is 9.92. The molecule has 0 saturated heterocycles. The van der Waals surface area contributed by atoms with Gasteiger partial charge >= 0.3 is 0 Å². The standard InChI is InChI=1S/C13H20BrFN2O2S/c1-9(2)7-13(3,8-16)17-20(18,19)12-5-4-10(14)6-11(12)15/h4-6,9,17H,7-8,16H2,1-3H3. The maximum atomic E-state index is 13.8. The van der Waals surface area contributed by atoms with Gasteiger partial charge in [0, 0.05) is 16.6 Å². The molecule has 0 aliphatic carbocycles. The average Bonchev–Trinajstić information content (AvgIpc) is 2.26. The van der Waals surface area contributed by atoms with E-state index in [0.29, 0.717) is 10.9 Å². The summed E-state index contributed by atoms with van der Waals surface area (Å²) in [5, 5.41) is 0. The lowest BCUT2D eigenvalue weighted by Gasteiger charge is -2.30. The van der Waals surface area contributed by atoms with E-state index in [-0.39, 0.29) is 17.4 Å².